The van der Waals surface area contributed by atoms with Gasteiger partial charge < -0.3 is 5.11 Å². The van der Waals surface area contributed by atoms with E-state index in [9.17, 15) is 5.11 Å². The Labute approximate surface area is 91.7 Å². The Morgan fingerprint density at radius 3 is 3.00 bits per heavy atom. The first-order valence-electron chi connectivity index (χ1n) is 4.69. The van der Waals surface area contributed by atoms with E-state index in [1.165, 1.54) is 0 Å². The summed E-state index contributed by atoms with van der Waals surface area (Å²) >= 11 is 1.12. The van der Waals surface area contributed by atoms with Crippen molar-refractivity contribution in [3.05, 3.63) is 29.8 Å². The molecular weight excluding hydrogens is 212 g/mol. The number of aliphatic hydroxyl groups excluding tert-OH is 1. The van der Waals surface area contributed by atoms with E-state index in [-0.39, 0.29) is 0 Å². The van der Waals surface area contributed by atoms with Gasteiger partial charge in [-0.2, -0.15) is 13.8 Å². The van der Waals surface area contributed by atoms with Crippen LogP contribution in [0.15, 0.2) is 18.6 Å². The number of aliphatic hydroxyl groups is 1. The van der Waals surface area contributed by atoms with Crippen LogP contribution in [0.5, 0.6) is 0 Å². The Morgan fingerprint density at radius 1 is 1.53 bits per heavy atom. The molecule has 0 amide bonds. The van der Waals surface area contributed by atoms with Crippen molar-refractivity contribution in [3.63, 3.8) is 0 Å². The van der Waals surface area contributed by atoms with E-state index >= 15 is 0 Å². The van der Waals surface area contributed by atoms with E-state index < -0.39 is 6.10 Å². The van der Waals surface area contributed by atoms with Gasteiger partial charge in [0.05, 0.1) is 30.2 Å². The molecule has 0 aliphatic heterocycles. The maximum absolute atomic E-state index is 9.75. The summed E-state index contributed by atoms with van der Waals surface area (Å²) in [4.78, 5) is 0. The molecule has 80 valence electrons. The molecule has 0 radical (unpaired) electrons. The Kier molecular flexibility index (Phi) is 3.08. The summed E-state index contributed by atoms with van der Waals surface area (Å²) in [5.74, 6) is 0. The monoisotopic (exact) mass is 224 g/mol. The first-order valence-corrected chi connectivity index (χ1v) is 5.42. The zero-order chi connectivity index (χ0) is 10.7. The van der Waals surface area contributed by atoms with Crippen LogP contribution in [0, 0.1) is 0 Å². The molecule has 5 nitrogen and oxygen atoms in total. The fourth-order valence-electron chi connectivity index (χ4n) is 1.37. The van der Waals surface area contributed by atoms with Crippen LogP contribution in [0.3, 0.4) is 0 Å². The molecule has 1 atom stereocenters. The van der Waals surface area contributed by atoms with Crippen molar-refractivity contribution in [3.8, 4) is 0 Å². The molecule has 0 saturated heterocycles. The second-order valence-corrected chi connectivity index (χ2v) is 3.97. The van der Waals surface area contributed by atoms with Gasteiger partial charge in [-0.15, -0.1) is 0 Å². The molecule has 0 aliphatic carbocycles. The first kappa shape index (κ1) is 10.3. The molecule has 0 aromatic carbocycles. The molecule has 0 spiro atoms. The fourth-order valence-corrected chi connectivity index (χ4v) is 1.84. The third kappa shape index (κ3) is 2.60. The van der Waals surface area contributed by atoms with Gasteiger partial charge in [0.15, 0.2) is 0 Å². The van der Waals surface area contributed by atoms with Crippen molar-refractivity contribution < 1.29 is 5.11 Å². The summed E-state index contributed by atoms with van der Waals surface area (Å²) in [5, 5.41) is 13.8. The van der Waals surface area contributed by atoms with Crippen molar-refractivity contribution in [2.24, 2.45) is 7.05 Å². The van der Waals surface area contributed by atoms with Crippen LogP contribution < -0.4 is 0 Å². The summed E-state index contributed by atoms with van der Waals surface area (Å²) < 4.78 is 9.61. The van der Waals surface area contributed by atoms with Crippen molar-refractivity contribution >= 4 is 11.7 Å². The largest absolute Gasteiger partial charge is 0.387 e. The lowest BCUT2D eigenvalue weighted by atomic mass is 10.1. The zero-order valence-electron chi connectivity index (χ0n) is 8.37. The molecule has 0 saturated carbocycles. The summed E-state index contributed by atoms with van der Waals surface area (Å²) in [7, 11) is 1.88. The normalized spacial score (nSPS) is 12.9. The van der Waals surface area contributed by atoms with Gasteiger partial charge in [0.25, 0.3) is 0 Å². The van der Waals surface area contributed by atoms with E-state index in [0.29, 0.717) is 12.1 Å². The van der Waals surface area contributed by atoms with Crippen LogP contribution in [0.1, 0.15) is 23.8 Å². The van der Waals surface area contributed by atoms with Gasteiger partial charge in [0.2, 0.25) is 0 Å². The molecule has 1 unspecified atom stereocenters. The van der Waals surface area contributed by atoms with Crippen LogP contribution in [-0.4, -0.2) is 23.6 Å². The van der Waals surface area contributed by atoms with E-state index in [1.807, 2.05) is 19.4 Å². The fraction of sp³-hybridized carbons (Fsp3) is 0.444. The molecule has 0 bridgehead atoms. The SMILES string of the molecule is Cn1cc(CCC(O)c2cnsn2)cn1. The number of nitrogens with zero attached hydrogens (tertiary/aromatic N) is 4. The molecule has 2 aromatic heterocycles. The van der Waals surface area contributed by atoms with E-state index in [4.69, 9.17) is 0 Å². The zero-order valence-corrected chi connectivity index (χ0v) is 9.18. The van der Waals surface area contributed by atoms with Gasteiger partial charge >= 0.3 is 0 Å². The number of hydrogen-bond acceptors (Lipinski definition) is 5. The van der Waals surface area contributed by atoms with Crippen molar-refractivity contribution in [1.82, 2.24) is 18.5 Å². The van der Waals surface area contributed by atoms with Gasteiger partial charge in [0, 0.05) is 13.2 Å². The molecule has 0 fully saturated rings. The third-order valence-electron chi connectivity index (χ3n) is 2.18. The quantitative estimate of drug-likeness (QED) is 0.839. The Hall–Kier alpha value is -1.27. The standard InChI is InChI=1S/C9H12N4OS/c1-13-6-7(4-10-13)2-3-9(14)8-5-11-15-12-8/h4-6,9,14H,2-3H2,1H3. The Balaban J connectivity index is 1.88. The van der Waals surface area contributed by atoms with Crippen molar-refractivity contribution in [1.29, 1.82) is 0 Å². The van der Waals surface area contributed by atoms with Gasteiger partial charge in [-0.25, -0.2) is 0 Å². The maximum Gasteiger partial charge on any atom is 0.103 e. The summed E-state index contributed by atoms with van der Waals surface area (Å²) in [5.41, 5.74) is 1.78. The topological polar surface area (TPSA) is 63.8 Å². The predicted molar refractivity (Wildman–Crippen MR) is 56.4 cm³/mol. The van der Waals surface area contributed by atoms with E-state index in [2.05, 4.69) is 13.8 Å². The smallest absolute Gasteiger partial charge is 0.103 e. The molecule has 0 aliphatic rings. The first-order chi connectivity index (χ1) is 7.25. The number of aromatic nitrogens is 4. The average molecular weight is 224 g/mol. The summed E-state index contributed by atoms with van der Waals surface area (Å²) in [6.45, 7) is 0. The highest BCUT2D eigenvalue weighted by atomic mass is 32.1. The van der Waals surface area contributed by atoms with Crippen LogP contribution in [0.4, 0.5) is 0 Å². The Morgan fingerprint density at radius 2 is 2.40 bits per heavy atom. The lowest BCUT2D eigenvalue weighted by molar-refractivity contribution is 0.164. The highest BCUT2D eigenvalue weighted by Crippen LogP contribution is 2.16. The van der Waals surface area contributed by atoms with Crippen molar-refractivity contribution in [2.75, 3.05) is 0 Å². The molecule has 6 heteroatoms. The molecule has 2 heterocycles. The minimum absolute atomic E-state index is 0.524. The Bertz CT molecular complexity index is 411. The summed E-state index contributed by atoms with van der Waals surface area (Å²) in [6.07, 6.45) is 6.30. The number of aryl methyl sites for hydroxylation is 2. The number of hydrogen-bond donors (Lipinski definition) is 1. The van der Waals surface area contributed by atoms with Gasteiger partial charge in [0.1, 0.15) is 5.69 Å². The predicted octanol–water partition coefficient (Wildman–Crippen LogP) is 0.938. The average Bonchev–Trinajstić information content (AvgIpc) is 2.84. The summed E-state index contributed by atoms with van der Waals surface area (Å²) in [6, 6.07) is 0. The highest BCUT2D eigenvalue weighted by molar-refractivity contribution is 6.99. The van der Waals surface area contributed by atoms with Gasteiger partial charge in [-0.3, -0.25) is 4.68 Å². The highest BCUT2D eigenvalue weighted by Gasteiger charge is 2.10. The lowest BCUT2D eigenvalue weighted by Crippen LogP contribution is -1.99. The molecular formula is C9H12N4OS. The third-order valence-corrected chi connectivity index (χ3v) is 2.68. The number of rotatable bonds is 4. The van der Waals surface area contributed by atoms with Crippen molar-refractivity contribution in [2.45, 2.75) is 18.9 Å². The lowest BCUT2D eigenvalue weighted by Gasteiger charge is -2.04. The van der Waals surface area contributed by atoms with E-state index in [1.54, 1.807) is 10.9 Å². The molecule has 15 heavy (non-hydrogen) atoms. The maximum atomic E-state index is 9.75. The molecule has 2 aromatic rings. The van der Waals surface area contributed by atoms with Crippen LogP contribution in [0.25, 0.3) is 0 Å². The minimum atomic E-state index is -0.524. The van der Waals surface area contributed by atoms with E-state index in [0.717, 1.165) is 23.7 Å². The van der Waals surface area contributed by atoms with Gasteiger partial charge in [-0.05, 0) is 18.4 Å². The second-order valence-electron chi connectivity index (χ2n) is 3.41. The molecule has 1 N–H and O–H groups in total. The van der Waals surface area contributed by atoms with Crippen LogP contribution in [-0.2, 0) is 13.5 Å². The second kappa shape index (κ2) is 4.50. The molecule has 2 rings (SSSR count). The van der Waals surface area contributed by atoms with Crippen LogP contribution >= 0.6 is 11.7 Å². The van der Waals surface area contributed by atoms with Crippen LogP contribution in [0.2, 0.25) is 0 Å². The minimum Gasteiger partial charge on any atom is -0.387 e. The van der Waals surface area contributed by atoms with Gasteiger partial charge in [-0.1, -0.05) is 0 Å².